The summed E-state index contributed by atoms with van der Waals surface area (Å²) in [5.41, 5.74) is 3.68. The number of allylic oxidation sites excluding steroid dienone is 4. The Kier molecular flexibility index (Phi) is 15.3. The Morgan fingerprint density at radius 2 is 1.40 bits per heavy atom. The number of hydrogen-bond acceptors (Lipinski definition) is 1. The predicted octanol–water partition coefficient (Wildman–Crippen LogP) is 9.21. The monoisotopic (exact) mass is 473 g/mol. The van der Waals surface area contributed by atoms with Crippen LogP contribution >= 0.6 is 0 Å². The average Bonchev–Trinajstić information content (AvgIpc) is 2.88. The first-order valence-electron chi connectivity index (χ1n) is 13.9. The molecule has 0 heterocycles. The van der Waals surface area contributed by atoms with Crippen molar-refractivity contribution in [2.45, 2.75) is 103 Å². The van der Waals surface area contributed by atoms with Gasteiger partial charge in [-0.2, -0.15) is 0 Å². The molecular formula is C33H47NO. The molecule has 2 heteroatoms. The van der Waals surface area contributed by atoms with E-state index in [1.165, 1.54) is 68.1 Å². The second kappa shape index (κ2) is 18.7. The topological polar surface area (TPSA) is 29.1 Å². The smallest absolute Gasteiger partial charge is 0.220 e. The van der Waals surface area contributed by atoms with Crippen molar-refractivity contribution in [1.82, 2.24) is 5.32 Å². The van der Waals surface area contributed by atoms with Crippen molar-refractivity contribution >= 4 is 5.91 Å². The van der Waals surface area contributed by atoms with Crippen LogP contribution < -0.4 is 5.32 Å². The minimum absolute atomic E-state index is 0.0179. The maximum atomic E-state index is 12.7. The summed E-state index contributed by atoms with van der Waals surface area (Å²) in [5, 5.41) is 3.29. The van der Waals surface area contributed by atoms with Crippen LogP contribution in [0.5, 0.6) is 0 Å². The van der Waals surface area contributed by atoms with Gasteiger partial charge in [0.05, 0.1) is 6.04 Å². The third kappa shape index (κ3) is 13.8. The number of unbranched alkanes of at least 4 members (excludes halogenated alkanes) is 8. The Labute approximate surface area is 214 Å². The SMILES string of the molecule is CCCCC/C=C\C/C=C/CCCCCCCC(=O)N[C@@H](Cc1ccc(C)cc1)c1ccccc1. The van der Waals surface area contributed by atoms with Gasteiger partial charge in [0, 0.05) is 6.42 Å². The van der Waals surface area contributed by atoms with Gasteiger partial charge in [-0.25, -0.2) is 0 Å². The number of amides is 1. The zero-order chi connectivity index (χ0) is 25.0. The summed E-state index contributed by atoms with van der Waals surface area (Å²) in [6.07, 6.45) is 23.9. The summed E-state index contributed by atoms with van der Waals surface area (Å²) >= 11 is 0. The van der Waals surface area contributed by atoms with E-state index in [1.54, 1.807) is 0 Å². The molecule has 0 aliphatic heterocycles. The molecule has 2 aromatic carbocycles. The number of carbonyl (C=O) groups is 1. The van der Waals surface area contributed by atoms with Gasteiger partial charge < -0.3 is 5.32 Å². The lowest BCUT2D eigenvalue weighted by Gasteiger charge is -2.20. The fourth-order valence-electron chi connectivity index (χ4n) is 4.26. The fourth-order valence-corrected chi connectivity index (χ4v) is 4.26. The molecule has 0 fully saturated rings. The Balaban J connectivity index is 1.59. The molecule has 0 aliphatic carbocycles. The zero-order valence-corrected chi connectivity index (χ0v) is 22.2. The molecule has 1 amide bonds. The van der Waals surface area contributed by atoms with Gasteiger partial charge in [0.25, 0.3) is 0 Å². The number of aryl methyl sites for hydroxylation is 1. The summed E-state index contributed by atoms with van der Waals surface area (Å²) in [5.74, 6) is 0.164. The third-order valence-corrected chi connectivity index (χ3v) is 6.45. The van der Waals surface area contributed by atoms with E-state index in [4.69, 9.17) is 0 Å². The van der Waals surface area contributed by atoms with Crippen molar-refractivity contribution in [3.63, 3.8) is 0 Å². The van der Waals surface area contributed by atoms with E-state index in [9.17, 15) is 4.79 Å². The predicted molar refractivity (Wildman–Crippen MR) is 152 cm³/mol. The molecule has 2 rings (SSSR count). The Morgan fingerprint density at radius 1 is 0.771 bits per heavy atom. The van der Waals surface area contributed by atoms with Gasteiger partial charge in [-0.15, -0.1) is 0 Å². The number of nitrogens with one attached hydrogen (secondary N) is 1. The van der Waals surface area contributed by atoms with E-state index in [0.29, 0.717) is 6.42 Å². The van der Waals surface area contributed by atoms with E-state index in [2.05, 4.69) is 79.9 Å². The minimum Gasteiger partial charge on any atom is -0.349 e. The standard InChI is InChI=1S/C33H47NO/c1-3-4-5-6-7-8-9-10-11-12-13-14-15-16-20-23-33(35)34-32(31-21-18-17-19-22-31)28-30-26-24-29(2)25-27-30/h7-8,10-11,17-19,21-22,24-27,32H,3-6,9,12-16,20,23,28H2,1-2H3,(H,34,35)/b8-7-,11-10+/t32-/m0/s1. The molecule has 0 aliphatic rings. The lowest BCUT2D eigenvalue weighted by Crippen LogP contribution is -2.29. The van der Waals surface area contributed by atoms with Crippen LogP contribution in [0.15, 0.2) is 78.9 Å². The van der Waals surface area contributed by atoms with Crippen LogP contribution in [-0.2, 0) is 11.2 Å². The van der Waals surface area contributed by atoms with E-state index in [-0.39, 0.29) is 11.9 Å². The van der Waals surface area contributed by atoms with E-state index in [0.717, 1.165) is 25.7 Å². The van der Waals surface area contributed by atoms with Gasteiger partial charge in [-0.1, -0.05) is 123 Å². The number of hydrogen-bond donors (Lipinski definition) is 1. The van der Waals surface area contributed by atoms with Crippen LogP contribution in [0.3, 0.4) is 0 Å². The van der Waals surface area contributed by atoms with Crippen LogP contribution in [0.2, 0.25) is 0 Å². The zero-order valence-electron chi connectivity index (χ0n) is 22.2. The highest BCUT2D eigenvalue weighted by Gasteiger charge is 2.15. The summed E-state index contributed by atoms with van der Waals surface area (Å²) in [4.78, 5) is 12.7. The molecule has 0 spiro atoms. The van der Waals surface area contributed by atoms with Crippen molar-refractivity contribution in [3.05, 3.63) is 95.6 Å². The second-order valence-electron chi connectivity index (χ2n) is 9.70. The normalized spacial score (nSPS) is 12.4. The number of benzene rings is 2. The van der Waals surface area contributed by atoms with E-state index < -0.39 is 0 Å². The van der Waals surface area contributed by atoms with Gasteiger partial charge in [-0.05, 0) is 63.0 Å². The van der Waals surface area contributed by atoms with Crippen molar-refractivity contribution in [2.24, 2.45) is 0 Å². The Bertz CT molecular complexity index is 850. The van der Waals surface area contributed by atoms with Crippen molar-refractivity contribution in [3.8, 4) is 0 Å². The van der Waals surface area contributed by atoms with Gasteiger partial charge in [0.15, 0.2) is 0 Å². The van der Waals surface area contributed by atoms with Crippen molar-refractivity contribution in [1.29, 1.82) is 0 Å². The molecule has 0 aromatic heterocycles. The number of carbonyl (C=O) groups excluding carboxylic acids is 1. The molecule has 0 bridgehead atoms. The number of rotatable bonds is 18. The lowest BCUT2D eigenvalue weighted by molar-refractivity contribution is -0.122. The van der Waals surface area contributed by atoms with Crippen LogP contribution in [0, 0.1) is 6.92 Å². The summed E-state index contributed by atoms with van der Waals surface area (Å²) in [7, 11) is 0. The molecule has 0 saturated heterocycles. The minimum atomic E-state index is 0.0179. The molecule has 1 atom stereocenters. The van der Waals surface area contributed by atoms with Crippen LogP contribution in [0.1, 0.15) is 107 Å². The molecule has 35 heavy (non-hydrogen) atoms. The molecular weight excluding hydrogens is 426 g/mol. The quantitative estimate of drug-likeness (QED) is 0.170. The average molecular weight is 474 g/mol. The maximum Gasteiger partial charge on any atom is 0.220 e. The molecule has 0 radical (unpaired) electrons. The van der Waals surface area contributed by atoms with Gasteiger partial charge in [0.2, 0.25) is 5.91 Å². The highest BCUT2D eigenvalue weighted by molar-refractivity contribution is 5.76. The highest BCUT2D eigenvalue weighted by atomic mass is 16.1. The third-order valence-electron chi connectivity index (χ3n) is 6.45. The molecule has 2 nitrogen and oxygen atoms in total. The van der Waals surface area contributed by atoms with E-state index >= 15 is 0 Å². The molecule has 2 aromatic rings. The highest BCUT2D eigenvalue weighted by Crippen LogP contribution is 2.19. The second-order valence-corrected chi connectivity index (χ2v) is 9.70. The Hall–Kier alpha value is -2.61. The first-order chi connectivity index (χ1) is 17.2. The van der Waals surface area contributed by atoms with Crippen LogP contribution in [0.4, 0.5) is 0 Å². The first-order valence-corrected chi connectivity index (χ1v) is 13.9. The van der Waals surface area contributed by atoms with E-state index in [1.807, 2.05) is 18.2 Å². The molecule has 0 unspecified atom stereocenters. The van der Waals surface area contributed by atoms with Gasteiger partial charge in [0.1, 0.15) is 0 Å². The maximum absolute atomic E-state index is 12.7. The summed E-state index contributed by atoms with van der Waals surface area (Å²) < 4.78 is 0. The largest absolute Gasteiger partial charge is 0.349 e. The van der Waals surface area contributed by atoms with Gasteiger partial charge in [-0.3, -0.25) is 4.79 Å². The fraction of sp³-hybridized carbons (Fsp3) is 0.485. The van der Waals surface area contributed by atoms with Crippen LogP contribution in [0.25, 0.3) is 0 Å². The Morgan fingerprint density at radius 3 is 2.09 bits per heavy atom. The first kappa shape index (κ1) is 28.6. The summed E-state index contributed by atoms with van der Waals surface area (Å²) in [6.45, 7) is 4.35. The lowest BCUT2D eigenvalue weighted by atomic mass is 9.98. The van der Waals surface area contributed by atoms with Crippen molar-refractivity contribution in [2.75, 3.05) is 0 Å². The van der Waals surface area contributed by atoms with Crippen molar-refractivity contribution < 1.29 is 4.79 Å². The van der Waals surface area contributed by atoms with Crippen LogP contribution in [-0.4, -0.2) is 5.91 Å². The van der Waals surface area contributed by atoms with Gasteiger partial charge >= 0.3 is 0 Å². The molecule has 190 valence electrons. The summed E-state index contributed by atoms with van der Waals surface area (Å²) in [6, 6.07) is 19.0. The molecule has 1 N–H and O–H groups in total. The molecule has 0 saturated carbocycles.